The summed E-state index contributed by atoms with van der Waals surface area (Å²) < 4.78 is 0. The van der Waals surface area contributed by atoms with Gasteiger partial charge in [-0.2, -0.15) is 0 Å². The van der Waals surface area contributed by atoms with Crippen LogP contribution >= 0.6 is 0 Å². The van der Waals surface area contributed by atoms with Gasteiger partial charge in [0.2, 0.25) is 0 Å². The zero-order valence-electron chi connectivity index (χ0n) is 15.3. The van der Waals surface area contributed by atoms with Gasteiger partial charge in [0, 0.05) is 17.6 Å². The van der Waals surface area contributed by atoms with Gasteiger partial charge in [0.05, 0.1) is 0 Å². The first kappa shape index (κ1) is 18.0. The van der Waals surface area contributed by atoms with Crippen LogP contribution in [0.2, 0.25) is 0 Å². The van der Waals surface area contributed by atoms with Crippen molar-refractivity contribution in [1.29, 1.82) is 0 Å². The maximum absolute atomic E-state index is 13.0. The number of benzene rings is 2. The number of rotatable bonds is 5. The third-order valence-corrected chi connectivity index (χ3v) is 4.07. The molecule has 2 aromatic carbocycles. The molecule has 0 saturated carbocycles. The third kappa shape index (κ3) is 4.35. The van der Waals surface area contributed by atoms with Crippen molar-refractivity contribution in [3.05, 3.63) is 70.8 Å². The Morgan fingerprint density at radius 3 is 2.04 bits per heavy atom. The van der Waals surface area contributed by atoms with Crippen LogP contribution in [0.1, 0.15) is 54.7 Å². The van der Waals surface area contributed by atoms with Gasteiger partial charge in [-0.1, -0.05) is 60.2 Å². The minimum Gasteiger partial charge on any atom is -0.334 e. The highest BCUT2D eigenvalue weighted by Gasteiger charge is 2.22. The van der Waals surface area contributed by atoms with Crippen molar-refractivity contribution >= 4 is 18.1 Å². The van der Waals surface area contributed by atoms with Crippen LogP contribution < -0.4 is 0 Å². The van der Waals surface area contributed by atoms with E-state index in [1.807, 2.05) is 35.2 Å². The number of hydrogen-bond donors (Lipinski definition) is 0. The van der Waals surface area contributed by atoms with Crippen LogP contribution in [0.3, 0.4) is 0 Å². The summed E-state index contributed by atoms with van der Waals surface area (Å²) in [5.41, 5.74) is 4.08. The lowest BCUT2D eigenvalue weighted by Crippen LogP contribution is -2.42. The smallest absolute Gasteiger partial charge is 0.254 e. The van der Waals surface area contributed by atoms with Crippen molar-refractivity contribution in [1.82, 2.24) is 4.90 Å². The van der Waals surface area contributed by atoms with Gasteiger partial charge in [0.15, 0.2) is 0 Å². The average Bonchev–Trinajstić information content (AvgIpc) is 2.54. The zero-order chi connectivity index (χ0) is 17.7. The number of amides is 1. The highest BCUT2D eigenvalue weighted by molar-refractivity contribution is 5.99. The van der Waals surface area contributed by atoms with E-state index < -0.39 is 0 Å². The summed E-state index contributed by atoms with van der Waals surface area (Å²) in [7, 11) is 0. The number of carbonyl (C=O) groups is 1. The minimum absolute atomic E-state index is 0.0872. The summed E-state index contributed by atoms with van der Waals surface area (Å²) in [6, 6.07) is 16.5. The Hall–Kier alpha value is -2.35. The van der Waals surface area contributed by atoms with E-state index in [4.69, 9.17) is 0 Å². The molecule has 0 heterocycles. The average molecular weight is 321 g/mol. The molecule has 0 atom stereocenters. The highest BCUT2D eigenvalue weighted by atomic mass is 16.2. The Kier molecular flexibility index (Phi) is 5.97. The molecule has 0 radical (unpaired) electrons. The molecule has 0 unspecified atom stereocenters. The summed E-state index contributed by atoms with van der Waals surface area (Å²) in [4.78, 5) is 14.9. The predicted octanol–water partition coefficient (Wildman–Crippen LogP) is 5.42. The standard InChI is InChI=1S/C22H27NO/c1-16(2)23(17(3)4)22(24)21-9-7-6-8-20(21)15-14-19-12-10-18(5)11-13-19/h6-17H,1-5H3/b15-14+. The normalized spacial score (nSPS) is 11.5. The van der Waals surface area contributed by atoms with Crippen molar-refractivity contribution in [2.45, 2.75) is 46.7 Å². The Morgan fingerprint density at radius 1 is 0.875 bits per heavy atom. The van der Waals surface area contributed by atoms with Gasteiger partial charge in [-0.25, -0.2) is 0 Å². The second-order valence-corrected chi connectivity index (χ2v) is 6.73. The van der Waals surface area contributed by atoms with Crippen LogP contribution in [0.15, 0.2) is 48.5 Å². The maximum atomic E-state index is 13.0. The summed E-state index contributed by atoms with van der Waals surface area (Å²) in [6.45, 7) is 10.3. The van der Waals surface area contributed by atoms with Crippen LogP contribution in [0.5, 0.6) is 0 Å². The number of aryl methyl sites for hydroxylation is 1. The topological polar surface area (TPSA) is 20.3 Å². The van der Waals surface area contributed by atoms with Gasteiger partial charge in [-0.3, -0.25) is 4.79 Å². The molecule has 0 fully saturated rings. The molecular formula is C22H27NO. The Bertz CT molecular complexity index is 703. The van der Waals surface area contributed by atoms with Crippen molar-refractivity contribution < 1.29 is 4.79 Å². The fourth-order valence-electron chi connectivity index (χ4n) is 2.91. The van der Waals surface area contributed by atoms with Crippen LogP contribution in [-0.2, 0) is 0 Å². The third-order valence-electron chi connectivity index (χ3n) is 4.07. The fourth-order valence-corrected chi connectivity index (χ4v) is 2.91. The van der Waals surface area contributed by atoms with E-state index >= 15 is 0 Å². The first-order valence-electron chi connectivity index (χ1n) is 8.56. The van der Waals surface area contributed by atoms with Crippen LogP contribution in [0, 0.1) is 6.92 Å². The molecule has 0 aliphatic rings. The SMILES string of the molecule is Cc1ccc(/C=C/c2ccccc2C(=O)N(C(C)C)C(C)C)cc1. The fraction of sp³-hybridized carbons (Fsp3) is 0.318. The van der Waals surface area contributed by atoms with E-state index in [-0.39, 0.29) is 18.0 Å². The van der Waals surface area contributed by atoms with Crippen LogP contribution in [0.4, 0.5) is 0 Å². The Labute approximate surface area is 145 Å². The molecule has 0 N–H and O–H groups in total. The van der Waals surface area contributed by atoms with E-state index in [0.717, 1.165) is 16.7 Å². The molecule has 0 spiro atoms. The van der Waals surface area contributed by atoms with E-state index in [1.165, 1.54) is 5.56 Å². The first-order valence-corrected chi connectivity index (χ1v) is 8.56. The monoisotopic (exact) mass is 321 g/mol. The molecule has 1 amide bonds. The van der Waals surface area contributed by atoms with Crippen LogP contribution in [0.25, 0.3) is 12.2 Å². The second kappa shape index (κ2) is 7.96. The van der Waals surface area contributed by atoms with Crippen LogP contribution in [-0.4, -0.2) is 22.9 Å². The van der Waals surface area contributed by atoms with Gasteiger partial charge >= 0.3 is 0 Å². The van der Waals surface area contributed by atoms with Crippen molar-refractivity contribution in [2.75, 3.05) is 0 Å². The number of hydrogen-bond acceptors (Lipinski definition) is 1. The number of nitrogens with zero attached hydrogens (tertiary/aromatic N) is 1. The zero-order valence-corrected chi connectivity index (χ0v) is 15.3. The molecule has 0 aliphatic heterocycles. The molecular weight excluding hydrogens is 294 g/mol. The largest absolute Gasteiger partial charge is 0.334 e. The van der Waals surface area contributed by atoms with E-state index in [1.54, 1.807) is 0 Å². The lowest BCUT2D eigenvalue weighted by atomic mass is 10.0. The van der Waals surface area contributed by atoms with Crippen molar-refractivity contribution in [3.63, 3.8) is 0 Å². The van der Waals surface area contributed by atoms with E-state index in [9.17, 15) is 4.79 Å². The summed E-state index contributed by atoms with van der Waals surface area (Å²) in [5.74, 6) is 0.0872. The van der Waals surface area contributed by atoms with E-state index in [2.05, 4.69) is 65.0 Å². The number of carbonyl (C=O) groups excluding carboxylic acids is 1. The molecule has 0 aliphatic carbocycles. The van der Waals surface area contributed by atoms with Gasteiger partial charge in [-0.15, -0.1) is 0 Å². The molecule has 2 rings (SSSR count). The van der Waals surface area contributed by atoms with Crippen molar-refractivity contribution in [3.8, 4) is 0 Å². The van der Waals surface area contributed by atoms with Gasteiger partial charge in [-0.05, 0) is 51.8 Å². The van der Waals surface area contributed by atoms with Gasteiger partial charge < -0.3 is 4.90 Å². The second-order valence-electron chi connectivity index (χ2n) is 6.73. The summed E-state index contributed by atoms with van der Waals surface area (Å²) in [6.07, 6.45) is 4.08. The maximum Gasteiger partial charge on any atom is 0.254 e. The predicted molar refractivity (Wildman–Crippen MR) is 103 cm³/mol. The molecule has 24 heavy (non-hydrogen) atoms. The molecule has 0 saturated heterocycles. The molecule has 2 heteroatoms. The molecule has 2 nitrogen and oxygen atoms in total. The van der Waals surface area contributed by atoms with Crippen molar-refractivity contribution in [2.24, 2.45) is 0 Å². The lowest BCUT2D eigenvalue weighted by molar-refractivity contribution is 0.0643. The lowest BCUT2D eigenvalue weighted by Gasteiger charge is -2.31. The molecule has 2 aromatic rings. The summed E-state index contributed by atoms with van der Waals surface area (Å²) >= 11 is 0. The Balaban J connectivity index is 2.33. The molecule has 126 valence electrons. The highest BCUT2D eigenvalue weighted by Crippen LogP contribution is 2.18. The summed E-state index contributed by atoms with van der Waals surface area (Å²) in [5, 5.41) is 0. The minimum atomic E-state index is 0.0872. The van der Waals surface area contributed by atoms with Gasteiger partial charge in [0.1, 0.15) is 0 Å². The van der Waals surface area contributed by atoms with Gasteiger partial charge in [0.25, 0.3) is 5.91 Å². The first-order chi connectivity index (χ1) is 11.4. The Morgan fingerprint density at radius 2 is 1.46 bits per heavy atom. The molecule has 0 aromatic heterocycles. The quantitative estimate of drug-likeness (QED) is 0.673. The molecule has 0 bridgehead atoms. The van der Waals surface area contributed by atoms with E-state index in [0.29, 0.717) is 0 Å².